The van der Waals surface area contributed by atoms with Crippen LogP contribution in [0, 0.1) is 0 Å². The number of aromatic nitrogens is 2. The first-order valence-corrected chi connectivity index (χ1v) is 14.4. The van der Waals surface area contributed by atoms with E-state index >= 15 is 0 Å². The molecule has 10 heteroatoms. The maximum absolute atomic E-state index is 14.2. The third kappa shape index (κ3) is 5.54. The quantitative estimate of drug-likeness (QED) is 0.211. The van der Waals surface area contributed by atoms with E-state index < -0.39 is 10.9 Å². The zero-order valence-electron chi connectivity index (χ0n) is 21.8. The maximum Gasteiger partial charge on any atom is 0.239 e. The molecule has 0 bridgehead atoms. The average molecular weight is 680 g/mol. The summed E-state index contributed by atoms with van der Waals surface area (Å²) < 4.78 is 1.78. The molecule has 8 nitrogen and oxygen atoms in total. The normalized spacial score (nSPS) is 12.0. The van der Waals surface area contributed by atoms with Crippen LogP contribution in [0.1, 0.15) is 0 Å². The molecule has 5 aromatic carbocycles. The van der Waals surface area contributed by atoms with Crippen LogP contribution in [0.5, 0.6) is 0 Å². The summed E-state index contributed by atoms with van der Waals surface area (Å²) in [7, 11) is 0. The number of anilines is 2. The lowest BCUT2D eigenvalue weighted by molar-refractivity contribution is 1.05. The fraction of sp³-hybridized carbons (Fsp3) is 0. The van der Waals surface area contributed by atoms with Gasteiger partial charge in [-0.1, -0.05) is 92.5 Å². The van der Waals surface area contributed by atoms with Crippen LogP contribution in [-0.2, 0) is 0 Å². The number of halogens is 2. The van der Waals surface area contributed by atoms with Gasteiger partial charge in [-0.3, -0.25) is 20.4 Å². The van der Waals surface area contributed by atoms with Gasteiger partial charge in [0.05, 0.1) is 16.8 Å². The van der Waals surface area contributed by atoms with Crippen molar-refractivity contribution in [1.29, 1.82) is 0 Å². The molecule has 1 aromatic heterocycles. The fourth-order valence-corrected chi connectivity index (χ4v) is 4.97. The Morgan fingerprint density at radius 3 is 1.60 bits per heavy atom. The van der Waals surface area contributed by atoms with Gasteiger partial charge in [0, 0.05) is 20.1 Å². The lowest BCUT2D eigenvalue weighted by atomic mass is 9.95. The van der Waals surface area contributed by atoms with Crippen LogP contribution < -0.4 is 32.4 Å². The molecule has 0 aliphatic carbocycles. The Balaban J connectivity index is 1.69. The first-order valence-electron chi connectivity index (χ1n) is 12.8. The maximum atomic E-state index is 14.2. The van der Waals surface area contributed by atoms with E-state index in [-0.39, 0.29) is 21.6 Å². The minimum absolute atomic E-state index is 0.0758. The van der Waals surface area contributed by atoms with Gasteiger partial charge < -0.3 is 0 Å². The van der Waals surface area contributed by atoms with Gasteiger partial charge in [-0.05, 0) is 54.1 Å². The first-order chi connectivity index (χ1) is 20.5. The van der Waals surface area contributed by atoms with E-state index in [4.69, 9.17) is 0 Å². The molecule has 42 heavy (non-hydrogen) atoms. The smallest absolute Gasteiger partial charge is 0.239 e. The van der Waals surface area contributed by atoms with Crippen LogP contribution in [0.25, 0.3) is 33.3 Å². The second-order valence-electron chi connectivity index (χ2n) is 9.20. The summed E-state index contributed by atoms with van der Waals surface area (Å²) in [5, 5.41) is 17.4. The molecule has 0 saturated carbocycles. The number of hydrogen-bond donors (Lipinski definition) is 2. The molecule has 6 rings (SSSR count). The Morgan fingerprint density at radius 2 is 1.05 bits per heavy atom. The van der Waals surface area contributed by atoms with Gasteiger partial charge in [0.1, 0.15) is 11.2 Å². The molecule has 1 heterocycles. The number of benzene rings is 5. The van der Waals surface area contributed by atoms with Crippen molar-refractivity contribution < 1.29 is 0 Å². The molecule has 0 unspecified atom stereocenters. The lowest BCUT2D eigenvalue weighted by Gasteiger charge is -2.12. The third-order valence-electron chi connectivity index (χ3n) is 6.46. The standard InChI is InChI=1S/C32H20Br2N6O2/c33-21-11-15-23(16-12-21)35-39-29-28-26(31(41)30(32(29)42)40-36-24-17-13-22(34)14-18-24)25(19-7-3-1-4-8-19)27(37-38-28)20-9-5-2-6-10-20/h1-18,35-36H/b39-29-,40-30+. The highest BCUT2D eigenvalue weighted by Crippen LogP contribution is 2.33. The average Bonchev–Trinajstić information content (AvgIpc) is 3.03. The van der Waals surface area contributed by atoms with Gasteiger partial charge in [0.15, 0.2) is 10.7 Å². The van der Waals surface area contributed by atoms with Crippen molar-refractivity contribution >= 4 is 54.1 Å². The minimum atomic E-state index is -0.678. The molecule has 0 spiro atoms. The SMILES string of the molecule is O=c1/c(=N\Nc2ccc(Br)cc2)c2nnc(-c3ccccc3)c(-c3ccccc3)c2c(=O)/c1=N\Nc1ccc(Br)cc1. The van der Waals surface area contributed by atoms with Crippen LogP contribution in [0.4, 0.5) is 11.4 Å². The molecule has 0 saturated heterocycles. The highest BCUT2D eigenvalue weighted by Gasteiger charge is 2.21. The summed E-state index contributed by atoms with van der Waals surface area (Å²) in [6.45, 7) is 0. The molecule has 2 N–H and O–H groups in total. The molecule has 0 amide bonds. The second-order valence-corrected chi connectivity index (χ2v) is 11.0. The second kappa shape index (κ2) is 12.0. The number of nitrogens with one attached hydrogen (secondary N) is 2. The van der Waals surface area contributed by atoms with Crippen LogP contribution >= 0.6 is 31.9 Å². The Hall–Kier alpha value is -4.80. The highest BCUT2D eigenvalue weighted by atomic mass is 79.9. The molecule has 0 aliphatic rings. The molecular formula is C32H20Br2N6O2. The van der Waals surface area contributed by atoms with Gasteiger partial charge >= 0.3 is 0 Å². The van der Waals surface area contributed by atoms with Gasteiger partial charge in [-0.15, -0.1) is 10.2 Å². The Morgan fingerprint density at radius 1 is 0.548 bits per heavy atom. The molecule has 0 fully saturated rings. The Kier molecular flexibility index (Phi) is 7.81. The fourth-order valence-electron chi connectivity index (χ4n) is 4.44. The number of fused-ring (bicyclic) bond motifs is 1. The summed E-state index contributed by atoms with van der Waals surface area (Å²) >= 11 is 6.82. The van der Waals surface area contributed by atoms with Crippen molar-refractivity contribution in [3.8, 4) is 22.4 Å². The predicted octanol–water partition coefficient (Wildman–Crippen LogP) is 5.94. The van der Waals surface area contributed by atoms with E-state index in [0.29, 0.717) is 22.6 Å². The van der Waals surface area contributed by atoms with Crippen LogP contribution in [0.15, 0.2) is 138 Å². The largest absolute Gasteiger partial charge is 0.287 e. The number of rotatable bonds is 6. The van der Waals surface area contributed by atoms with Crippen molar-refractivity contribution in [3.63, 3.8) is 0 Å². The molecule has 0 aliphatic heterocycles. The molecule has 0 atom stereocenters. The van der Waals surface area contributed by atoms with Gasteiger partial charge in [-0.2, -0.15) is 10.2 Å². The third-order valence-corrected chi connectivity index (χ3v) is 7.52. The minimum Gasteiger partial charge on any atom is -0.287 e. The molecular weight excluding hydrogens is 660 g/mol. The van der Waals surface area contributed by atoms with E-state index in [1.54, 1.807) is 24.3 Å². The van der Waals surface area contributed by atoms with E-state index in [9.17, 15) is 9.59 Å². The van der Waals surface area contributed by atoms with Crippen LogP contribution in [0.3, 0.4) is 0 Å². The van der Waals surface area contributed by atoms with Crippen molar-refractivity contribution in [2.75, 3.05) is 10.9 Å². The summed E-state index contributed by atoms with van der Waals surface area (Å²) in [4.78, 5) is 28.0. The van der Waals surface area contributed by atoms with E-state index in [2.05, 4.69) is 63.1 Å². The Labute approximate surface area is 256 Å². The van der Waals surface area contributed by atoms with Crippen molar-refractivity contribution in [1.82, 2.24) is 10.2 Å². The van der Waals surface area contributed by atoms with Gasteiger partial charge in [-0.25, -0.2) is 0 Å². The lowest BCUT2D eigenvalue weighted by Crippen LogP contribution is -2.49. The predicted molar refractivity (Wildman–Crippen MR) is 172 cm³/mol. The zero-order valence-corrected chi connectivity index (χ0v) is 24.9. The number of nitrogens with zero attached hydrogens (tertiary/aromatic N) is 4. The Bertz CT molecular complexity index is 2130. The monoisotopic (exact) mass is 678 g/mol. The summed E-state index contributed by atoms with van der Waals surface area (Å²) in [6.07, 6.45) is 0. The molecule has 6 aromatic rings. The van der Waals surface area contributed by atoms with Crippen molar-refractivity contribution in [3.05, 3.63) is 149 Å². The first kappa shape index (κ1) is 27.4. The van der Waals surface area contributed by atoms with Crippen molar-refractivity contribution in [2.45, 2.75) is 0 Å². The summed E-state index contributed by atoms with van der Waals surface area (Å²) in [5.74, 6) is 0. The van der Waals surface area contributed by atoms with E-state index in [1.165, 1.54) is 0 Å². The van der Waals surface area contributed by atoms with E-state index in [1.807, 2.05) is 84.9 Å². The zero-order chi connectivity index (χ0) is 29.1. The number of hydrogen-bond acceptors (Lipinski definition) is 8. The highest BCUT2D eigenvalue weighted by molar-refractivity contribution is 9.10. The van der Waals surface area contributed by atoms with Crippen LogP contribution in [0.2, 0.25) is 0 Å². The van der Waals surface area contributed by atoms with Crippen LogP contribution in [-0.4, -0.2) is 10.2 Å². The summed E-state index contributed by atoms with van der Waals surface area (Å²) in [5.41, 5.74) is 8.39. The molecule has 204 valence electrons. The summed E-state index contributed by atoms with van der Waals surface area (Å²) in [6, 6.07) is 33.4. The van der Waals surface area contributed by atoms with Crippen molar-refractivity contribution in [2.24, 2.45) is 10.2 Å². The van der Waals surface area contributed by atoms with E-state index in [0.717, 1.165) is 20.1 Å². The van der Waals surface area contributed by atoms with Gasteiger partial charge in [0.2, 0.25) is 10.9 Å². The topological polar surface area (TPSA) is 109 Å². The van der Waals surface area contributed by atoms with Gasteiger partial charge in [0.25, 0.3) is 0 Å². The molecule has 0 radical (unpaired) electrons.